The van der Waals surface area contributed by atoms with Gasteiger partial charge in [0.25, 0.3) is 0 Å². The number of carbonyl (C=O) groups excluding carboxylic acids is 1. The number of hydrogen-bond acceptors (Lipinski definition) is 5. The normalized spacial score (nSPS) is 30.3. The molecular formula is C13H25N3O3S. The van der Waals surface area contributed by atoms with Crippen LogP contribution >= 0.6 is 0 Å². The van der Waals surface area contributed by atoms with Crippen LogP contribution < -0.4 is 5.73 Å². The number of carbonyl (C=O) groups is 1. The fraction of sp³-hybridized carbons (Fsp3) is 0.923. The molecule has 0 aliphatic carbocycles. The Morgan fingerprint density at radius 1 is 1.40 bits per heavy atom. The second-order valence-electron chi connectivity index (χ2n) is 6.04. The molecular weight excluding hydrogens is 278 g/mol. The summed E-state index contributed by atoms with van der Waals surface area (Å²) in [7, 11) is -1.22. The first-order chi connectivity index (χ1) is 9.41. The van der Waals surface area contributed by atoms with E-state index in [1.54, 1.807) is 11.9 Å². The van der Waals surface area contributed by atoms with Gasteiger partial charge in [0.15, 0.2) is 9.84 Å². The van der Waals surface area contributed by atoms with Gasteiger partial charge in [0.05, 0.1) is 18.1 Å². The number of likely N-dealkylation sites (tertiary alicyclic amines) is 1. The lowest BCUT2D eigenvalue weighted by molar-refractivity contribution is -0.133. The molecule has 0 aromatic heterocycles. The number of nitrogens with two attached hydrogens (primary N) is 1. The van der Waals surface area contributed by atoms with Gasteiger partial charge in [-0.05, 0) is 38.3 Å². The Bertz CT molecular complexity index is 452. The molecule has 2 aliphatic heterocycles. The van der Waals surface area contributed by atoms with Crippen molar-refractivity contribution < 1.29 is 13.2 Å². The molecule has 0 aromatic rings. The molecule has 2 saturated heterocycles. The van der Waals surface area contributed by atoms with Gasteiger partial charge in [-0.1, -0.05) is 0 Å². The van der Waals surface area contributed by atoms with Crippen LogP contribution in [0.25, 0.3) is 0 Å². The Hall–Kier alpha value is -0.660. The Morgan fingerprint density at radius 2 is 2.15 bits per heavy atom. The van der Waals surface area contributed by atoms with Crippen molar-refractivity contribution in [3.8, 4) is 0 Å². The number of likely N-dealkylation sites (N-methyl/N-ethyl adjacent to an activating group) is 1. The predicted octanol–water partition coefficient (Wildman–Crippen LogP) is -0.697. The van der Waals surface area contributed by atoms with E-state index in [2.05, 4.69) is 4.90 Å². The maximum atomic E-state index is 12.3. The van der Waals surface area contributed by atoms with Crippen LogP contribution in [-0.4, -0.2) is 74.9 Å². The summed E-state index contributed by atoms with van der Waals surface area (Å²) in [6, 6.07) is -0.150. The number of piperidine rings is 1. The molecule has 2 fully saturated rings. The van der Waals surface area contributed by atoms with Crippen LogP contribution in [0.3, 0.4) is 0 Å². The minimum absolute atomic E-state index is 0.0183. The van der Waals surface area contributed by atoms with Gasteiger partial charge in [0.1, 0.15) is 0 Å². The smallest absolute Gasteiger partial charge is 0.236 e. The SMILES string of the molecule is CN(C(=O)CN1CCCC(CN)C1)C1CCS(=O)(=O)C1. The molecule has 0 aromatic carbocycles. The predicted molar refractivity (Wildman–Crippen MR) is 78.0 cm³/mol. The summed E-state index contributed by atoms with van der Waals surface area (Å²) < 4.78 is 23.0. The first kappa shape index (κ1) is 15.7. The maximum Gasteiger partial charge on any atom is 0.236 e. The van der Waals surface area contributed by atoms with Gasteiger partial charge < -0.3 is 10.6 Å². The third-order valence-corrected chi connectivity index (χ3v) is 6.20. The van der Waals surface area contributed by atoms with Gasteiger partial charge in [0, 0.05) is 19.6 Å². The van der Waals surface area contributed by atoms with E-state index in [9.17, 15) is 13.2 Å². The first-order valence-electron chi connectivity index (χ1n) is 7.30. The molecule has 0 spiro atoms. The highest BCUT2D eigenvalue weighted by atomic mass is 32.2. The number of hydrogen-bond donors (Lipinski definition) is 1. The van der Waals surface area contributed by atoms with E-state index in [1.807, 2.05) is 0 Å². The summed E-state index contributed by atoms with van der Waals surface area (Å²) in [5.74, 6) is 0.813. The van der Waals surface area contributed by atoms with Gasteiger partial charge >= 0.3 is 0 Å². The van der Waals surface area contributed by atoms with Gasteiger partial charge in [0.2, 0.25) is 5.91 Å². The van der Waals surface area contributed by atoms with Crippen LogP contribution in [0.2, 0.25) is 0 Å². The van der Waals surface area contributed by atoms with Crippen LogP contribution in [0.5, 0.6) is 0 Å². The second-order valence-corrected chi connectivity index (χ2v) is 8.27. The summed E-state index contributed by atoms with van der Waals surface area (Å²) in [5, 5.41) is 0. The quantitative estimate of drug-likeness (QED) is 0.743. The molecule has 2 heterocycles. The molecule has 6 nitrogen and oxygen atoms in total. The van der Waals surface area contributed by atoms with E-state index in [0.717, 1.165) is 25.9 Å². The molecule has 116 valence electrons. The third kappa shape index (κ3) is 3.93. The monoisotopic (exact) mass is 303 g/mol. The summed E-state index contributed by atoms with van der Waals surface area (Å²) in [4.78, 5) is 16.0. The fourth-order valence-corrected chi connectivity index (χ4v) is 4.85. The number of nitrogens with zero attached hydrogens (tertiary/aromatic N) is 2. The number of sulfone groups is 1. The third-order valence-electron chi connectivity index (χ3n) is 4.44. The molecule has 0 radical (unpaired) electrons. The van der Waals surface area contributed by atoms with Crippen molar-refractivity contribution in [1.82, 2.24) is 9.80 Å². The van der Waals surface area contributed by atoms with E-state index < -0.39 is 9.84 Å². The molecule has 7 heteroatoms. The van der Waals surface area contributed by atoms with Crippen molar-refractivity contribution in [2.45, 2.75) is 25.3 Å². The first-order valence-corrected chi connectivity index (χ1v) is 9.12. The van der Waals surface area contributed by atoms with Crippen LogP contribution in [-0.2, 0) is 14.6 Å². The highest BCUT2D eigenvalue weighted by Gasteiger charge is 2.33. The standard InChI is InChI=1S/C13H25N3O3S/c1-15(12-4-6-20(18,19)10-12)13(17)9-16-5-2-3-11(7-14)8-16/h11-12H,2-10,14H2,1H3. The molecule has 2 atom stereocenters. The van der Waals surface area contributed by atoms with Crippen molar-refractivity contribution in [1.29, 1.82) is 0 Å². The van der Waals surface area contributed by atoms with Crippen molar-refractivity contribution in [2.24, 2.45) is 11.7 Å². The van der Waals surface area contributed by atoms with E-state index in [0.29, 0.717) is 25.4 Å². The lowest BCUT2D eigenvalue weighted by atomic mass is 9.98. The van der Waals surface area contributed by atoms with E-state index in [-0.39, 0.29) is 23.5 Å². The average Bonchev–Trinajstić information content (AvgIpc) is 2.78. The fourth-order valence-electron chi connectivity index (χ4n) is 3.07. The molecule has 1 amide bonds. The average molecular weight is 303 g/mol. The zero-order valence-electron chi connectivity index (χ0n) is 12.1. The minimum Gasteiger partial charge on any atom is -0.341 e. The molecule has 2 rings (SSSR count). The lowest BCUT2D eigenvalue weighted by Crippen LogP contribution is -2.47. The van der Waals surface area contributed by atoms with Gasteiger partial charge in [-0.2, -0.15) is 0 Å². The summed E-state index contributed by atoms with van der Waals surface area (Å²) >= 11 is 0. The molecule has 2 unspecified atom stereocenters. The Balaban J connectivity index is 1.85. The van der Waals surface area contributed by atoms with Gasteiger partial charge in [-0.25, -0.2) is 8.42 Å². The van der Waals surface area contributed by atoms with Gasteiger partial charge in [-0.15, -0.1) is 0 Å². The Kier molecular flexibility index (Phi) is 5.04. The van der Waals surface area contributed by atoms with Crippen molar-refractivity contribution in [2.75, 3.05) is 44.7 Å². The summed E-state index contributed by atoms with van der Waals surface area (Å²) in [6.07, 6.45) is 2.78. The van der Waals surface area contributed by atoms with Crippen LogP contribution in [0.4, 0.5) is 0 Å². The zero-order valence-corrected chi connectivity index (χ0v) is 12.9. The molecule has 20 heavy (non-hydrogen) atoms. The Morgan fingerprint density at radius 3 is 2.75 bits per heavy atom. The molecule has 2 N–H and O–H groups in total. The van der Waals surface area contributed by atoms with Crippen LogP contribution in [0.15, 0.2) is 0 Å². The van der Waals surface area contributed by atoms with E-state index >= 15 is 0 Å². The topological polar surface area (TPSA) is 83.7 Å². The van der Waals surface area contributed by atoms with Crippen LogP contribution in [0.1, 0.15) is 19.3 Å². The maximum absolute atomic E-state index is 12.3. The molecule has 2 aliphatic rings. The highest BCUT2D eigenvalue weighted by molar-refractivity contribution is 7.91. The summed E-state index contributed by atoms with van der Waals surface area (Å²) in [6.45, 7) is 2.85. The number of amides is 1. The molecule has 0 saturated carbocycles. The van der Waals surface area contributed by atoms with E-state index in [1.165, 1.54) is 0 Å². The van der Waals surface area contributed by atoms with Crippen LogP contribution in [0, 0.1) is 5.92 Å². The minimum atomic E-state index is -2.94. The zero-order chi connectivity index (χ0) is 14.8. The van der Waals surface area contributed by atoms with E-state index in [4.69, 9.17) is 5.73 Å². The van der Waals surface area contributed by atoms with Gasteiger partial charge in [-0.3, -0.25) is 9.69 Å². The highest BCUT2D eigenvalue weighted by Crippen LogP contribution is 2.18. The van der Waals surface area contributed by atoms with Crippen molar-refractivity contribution in [3.63, 3.8) is 0 Å². The summed E-state index contributed by atoms with van der Waals surface area (Å²) in [5.41, 5.74) is 5.70. The lowest BCUT2D eigenvalue weighted by Gasteiger charge is -2.33. The number of rotatable bonds is 4. The van der Waals surface area contributed by atoms with Crippen molar-refractivity contribution in [3.05, 3.63) is 0 Å². The largest absolute Gasteiger partial charge is 0.341 e. The van der Waals surface area contributed by atoms with Crippen molar-refractivity contribution >= 4 is 15.7 Å². The second kappa shape index (κ2) is 6.41. The Labute approximate surface area is 121 Å². The molecule has 0 bridgehead atoms.